The van der Waals surface area contributed by atoms with Crippen LogP contribution in [0.1, 0.15) is 27.0 Å². The number of methoxy groups -OCH3 is 2. The fourth-order valence-electron chi connectivity index (χ4n) is 4.28. The van der Waals surface area contributed by atoms with Crippen molar-refractivity contribution in [1.29, 1.82) is 0 Å². The minimum Gasteiger partial charge on any atom is -0.497 e. The van der Waals surface area contributed by atoms with Gasteiger partial charge < -0.3 is 29.6 Å². The zero-order valence-corrected chi connectivity index (χ0v) is 22.5. The third-order valence-corrected chi connectivity index (χ3v) is 7.03. The van der Waals surface area contributed by atoms with Gasteiger partial charge in [0.2, 0.25) is 5.43 Å². The number of pyridine rings is 1. The van der Waals surface area contributed by atoms with Gasteiger partial charge in [0.25, 0.3) is 0 Å². The lowest BCUT2D eigenvalue weighted by atomic mass is 10.0. The summed E-state index contributed by atoms with van der Waals surface area (Å²) in [5.74, 6) is -3.94. The van der Waals surface area contributed by atoms with Crippen LogP contribution in [0.25, 0.3) is 16.6 Å². The average molecular weight is 607 g/mol. The molecular weight excluding hydrogens is 585 g/mol. The maximum absolute atomic E-state index is 15.1. The highest BCUT2D eigenvalue weighted by Crippen LogP contribution is 2.34. The molecule has 0 spiro atoms. The zero-order chi connectivity index (χ0) is 28.6. The SMILES string of the molecule is COc1ccc(CNc2cc(-n3cc(C(=O)O)c(=O)c4c(Br)c(F)c(F)c(C)c43)c(CO)cc2F)c(OC)c1. The van der Waals surface area contributed by atoms with E-state index in [1.54, 1.807) is 18.2 Å². The summed E-state index contributed by atoms with van der Waals surface area (Å²) in [5.41, 5.74) is -1.57. The number of rotatable bonds is 8. The van der Waals surface area contributed by atoms with Crippen LogP contribution in [0.3, 0.4) is 0 Å². The second kappa shape index (κ2) is 11.0. The first-order valence-corrected chi connectivity index (χ1v) is 12.2. The molecule has 4 rings (SSSR count). The summed E-state index contributed by atoms with van der Waals surface area (Å²) in [4.78, 5) is 24.9. The molecule has 8 nitrogen and oxygen atoms in total. The molecule has 0 saturated heterocycles. The van der Waals surface area contributed by atoms with E-state index in [0.717, 1.165) is 16.8 Å². The molecule has 1 aromatic heterocycles. The molecular formula is C27H22BrF3N2O6. The summed E-state index contributed by atoms with van der Waals surface area (Å²) in [6, 6.07) is 7.38. The number of halogens is 4. The maximum Gasteiger partial charge on any atom is 0.341 e. The van der Waals surface area contributed by atoms with Gasteiger partial charge in [0.05, 0.1) is 47.6 Å². The molecule has 0 radical (unpaired) electrons. The second-order valence-electron chi connectivity index (χ2n) is 8.49. The van der Waals surface area contributed by atoms with Crippen LogP contribution in [0.5, 0.6) is 11.5 Å². The number of carboxylic acid groups (broad SMARTS) is 1. The minimum absolute atomic E-state index is 0.00150. The van der Waals surface area contributed by atoms with Gasteiger partial charge >= 0.3 is 5.97 Å². The number of nitrogens with zero attached hydrogens (tertiary/aromatic N) is 1. The Balaban J connectivity index is 1.95. The van der Waals surface area contributed by atoms with Crippen molar-refractivity contribution >= 4 is 38.5 Å². The number of carboxylic acids is 1. The highest BCUT2D eigenvalue weighted by molar-refractivity contribution is 9.10. The molecule has 12 heteroatoms. The maximum atomic E-state index is 15.1. The Labute approximate surface area is 228 Å². The van der Waals surface area contributed by atoms with E-state index in [-0.39, 0.29) is 34.6 Å². The van der Waals surface area contributed by atoms with Gasteiger partial charge in [-0.05, 0) is 47.1 Å². The standard InChI is InChI=1S/C27H22BrF3N2O6/c1-12-23(30)24(31)22(28)21-25(12)33(10-16(26(21)35)27(36)37)19-8-18(17(29)6-14(19)11-34)32-9-13-4-5-15(38-2)7-20(13)39-3/h4-8,10,32,34H,9,11H2,1-3H3,(H,36,37). The largest absolute Gasteiger partial charge is 0.497 e. The summed E-state index contributed by atoms with van der Waals surface area (Å²) >= 11 is 2.88. The lowest BCUT2D eigenvalue weighted by molar-refractivity contribution is 0.0695. The molecule has 0 saturated carbocycles. The van der Waals surface area contributed by atoms with Gasteiger partial charge in [-0.2, -0.15) is 0 Å². The number of carbonyl (C=O) groups is 1. The number of anilines is 1. The molecule has 0 unspecified atom stereocenters. The number of nitrogens with one attached hydrogen (secondary N) is 1. The third-order valence-electron chi connectivity index (χ3n) is 6.29. The number of aliphatic hydroxyl groups excluding tert-OH is 1. The zero-order valence-electron chi connectivity index (χ0n) is 20.9. The van der Waals surface area contributed by atoms with E-state index in [4.69, 9.17) is 9.47 Å². The Morgan fingerprint density at radius 1 is 1.08 bits per heavy atom. The summed E-state index contributed by atoms with van der Waals surface area (Å²) in [6.07, 6.45) is 0.937. The van der Waals surface area contributed by atoms with Crippen molar-refractivity contribution in [3.63, 3.8) is 0 Å². The van der Waals surface area contributed by atoms with Crippen LogP contribution in [0.2, 0.25) is 0 Å². The number of ether oxygens (including phenoxy) is 2. The Bertz CT molecular complexity index is 1690. The van der Waals surface area contributed by atoms with Crippen LogP contribution < -0.4 is 20.2 Å². The Kier molecular flexibility index (Phi) is 7.89. The number of hydrogen-bond acceptors (Lipinski definition) is 6. The van der Waals surface area contributed by atoms with Gasteiger partial charge in [0, 0.05) is 35.5 Å². The van der Waals surface area contributed by atoms with Crippen molar-refractivity contribution in [2.24, 2.45) is 0 Å². The van der Waals surface area contributed by atoms with Crippen molar-refractivity contribution in [3.8, 4) is 17.2 Å². The molecule has 39 heavy (non-hydrogen) atoms. The molecule has 3 aromatic carbocycles. The van der Waals surface area contributed by atoms with E-state index in [1.807, 2.05) is 0 Å². The Hall–Kier alpha value is -4.03. The van der Waals surface area contributed by atoms with Gasteiger partial charge in [-0.1, -0.05) is 0 Å². The number of aromatic nitrogens is 1. The summed E-state index contributed by atoms with van der Waals surface area (Å²) in [5, 5.41) is 22.2. The molecule has 0 bridgehead atoms. The summed E-state index contributed by atoms with van der Waals surface area (Å²) in [7, 11) is 2.97. The van der Waals surface area contributed by atoms with Crippen LogP contribution in [-0.4, -0.2) is 35.0 Å². The summed E-state index contributed by atoms with van der Waals surface area (Å²) < 4.78 is 55.6. The number of aryl methyl sites for hydroxylation is 1. The molecule has 4 aromatic rings. The van der Waals surface area contributed by atoms with Crippen LogP contribution in [-0.2, 0) is 13.2 Å². The van der Waals surface area contributed by atoms with Crippen molar-refractivity contribution < 1.29 is 37.7 Å². The van der Waals surface area contributed by atoms with E-state index in [0.29, 0.717) is 17.1 Å². The normalized spacial score (nSPS) is 11.1. The van der Waals surface area contributed by atoms with Gasteiger partial charge in [-0.15, -0.1) is 0 Å². The first-order chi connectivity index (χ1) is 18.5. The van der Waals surface area contributed by atoms with E-state index in [2.05, 4.69) is 21.2 Å². The number of benzene rings is 3. The first-order valence-electron chi connectivity index (χ1n) is 11.4. The quantitative estimate of drug-likeness (QED) is 0.233. The molecule has 1 heterocycles. The predicted octanol–water partition coefficient (Wildman–Crippen LogP) is 5.30. The van der Waals surface area contributed by atoms with E-state index < -0.39 is 50.9 Å². The third kappa shape index (κ3) is 4.92. The second-order valence-corrected chi connectivity index (χ2v) is 9.28. The van der Waals surface area contributed by atoms with E-state index >= 15 is 4.39 Å². The molecule has 0 fully saturated rings. The highest BCUT2D eigenvalue weighted by Gasteiger charge is 2.25. The van der Waals surface area contributed by atoms with Crippen molar-refractivity contribution in [2.45, 2.75) is 20.1 Å². The van der Waals surface area contributed by atoms with Crippen LogP contribution in [0.15, 0.2) is 45.8 Å². The number of aromatic carboxylic acids is 1. The predicted molar refractivity (Wildman–Crippen MR) is 142 cm³/mol. The molecule has 3 N–H and O–H groups in total. The molecule has 0 aliphatic rings. The van der Waals surface area contributed by atoms with Crippen molar-refractivity contribution in [1.82, 2.24) is 4.57 Å². The minimum atomic E-state index is -1.61. The van der Waals surface area contributed by atoms with Crippen LogP contribution >= 0.6 is 15.9 Å². The fraction of sp³-hybridized carbons (Fsp3) is 0.185. The van der Waals surface area contributed by atoms with Crippen LogP contribution in [0, 0.1) is 24.4 Å². The Morgan fingerprint density at radius 2 is 1.79 bits per heavy atom. The highest BCUT2D eigenvalue weighted by atomic mass is 79.9. The molecule has 0 aliphatic carbocycles. The van der Waals surface area contributed by atoms with Crippen molar-refractivity contribution in [2.75, 3.05) is 19.5 Å². The molecule has 0 aliphatic heterocycles. The van der Waals surface area contributed by atoms with Crippen LogP contribution in [0.4, 0.5) is 18.9 Å². The lowest BCUT2D eigenvalue weighted by Crippen LogP contribution is -2.21. The number of fused-ring (bicyclic) bond motifs is 1. The molecule has 204 valence electrons. The lowest BCUT2D eigenvalue weighted by Gasteiger charge is -2.20. The first kappa shape index (κ1) is 28.0. The number of hydrogen-bond donors (Lipinski definition) is 3. The van der Waals surface area contributed by atoms with Gasteiger partial charge in [-0.25, -0.2) is 18.0 Å². The monoisotopic (exact) mass is 606 g/mol. The van der Waals surface area contributed by atoms with Gasteiger partial charge in [-0.3, -0.25) is 4.79 Å². The van der Waals surface area contributed by atoms with E-state index in [1.165, 1.54) is 27.2 Å². The molecule has 0 atom stereocenters. The van der Waals surface area contributed by atoms with Gasteiger partial charge in [0.15, 0.2) is 11.6 Å². The van der Waals surface area contributed by atoms with Gasteiger partial charge in [0.1, 0.15) is 22.9 Å². The fourth-order valence-corrected chi connectivity index (χ4v) is 4.82. The molecule has 0 amide bonds. The van der Waals surface area contributed by atoms with E-state index in [9.17, 15) is 28.6 Å². The number of aliphatic hydroxyl groups is 1. The smallest absolute Gasteiger partial charge is 0.341 e. The Morgan fingerprint density at radius 3 is 2.41 bits per heavy atom. The topological polar surface area (TPSA) is 110 Å². The summed E-state index contributed by atoms with van der Waals surface area (Å²) in [6.45, 7) is 0.636. The van der Waals surface area contributed by atoms with Crippen molar-refractivity contribution in [3.05, 3.63) is 90.9 Å². The average Bonchev–Trinajstić information content (AvgIpc) is 2.93.